The van der Waals surface area contributed by atoms with Crippen LogP contribution in [0.4, 0.5) is 11.8 Å². The molecule has 2 aromatic rings. The predicted octanol–water partition coefficient (Wildman–Crippen LogP) is 4.00. The van der Waals surface area contributed by atoms with E-state index in [4.69, 9.17) is 4.98 Å². The van der Waals surface area contributed by atoms with Crippen LogP contribution in [0.25, 0.3) is 10.2 Å². The quantitative estimate of drug-likeness (QED) is 0.927. The maximum absolute atomic E-state index is 4.77. The molecule has 4 nitrogen and oxygen atoms in total. The third-order valence-electron chi connectivity index (χ3n) is 4.42. The molecule has 114 valence electrons. The summed E-state index contributed by atoms with van der Waals surface area (Å²) in [5.41, 5.74) is 0. The Morgan fingerprint density at radius 3 is 2.76 bits per heavy atom. The van der Waals surface area contributed by atoms with Gasteiger partial charge < -0.3 is 10.2 Å². The lowest BCUT2D eigenvalue weighted by molar-refractivity contribution is 0.311. The van der Waals surface area contributed by atoms with Gasteiger partial charge in [-0.3, -0.25) is 0 Å². The fourth-order valence-electron chi connectivity index (χ4n) is 3.10. The second-order valence-electron chi connectivity index (χ2n) is 6.11. The molecule has 1 aliphatic heterocycles. The van der Waals surface area contributed by atoms with Crippen molar-refractivity contribution >= 4 is 33.3 Å². The summed E-state index contributed by atoms with van der Waals surface area (Å²) in [6.45, 7) is 9.82. The minimum Gasteiger partial charge on any atom is -0.356 e. The number of hydrogen-bond donors (Lipinski definition) is 1. The van der Waals surface area contributed by atoms with Crippen LogP contribution in [0.1, 0.15) is 33.6 Å². The smallest absolute Gasteiger partial charge is 0.226 e. The average molecular weight is 304 g/mol. The predicted molar refractivity (Wildman–Crippen MR) is 91.4 cm³/mol. The van der Waals surface area contributed by atoms with E-state index < -0.39 is 0 Å². The largest absolute Gasteiger partial charge is 0.356 e. The fourth-order valence-corrected chi connectivity index (χ4v) is 3.85. The maximum atomic E-state index is 4.77. The van der Waals surface area contributed by atoms with E-state index in [-0.39, 0.29) is 0 Å². The van der Waals surface area contributed by atoms with Crippen LogP contribution in [0.5, 0.6) is 0 Å². The number of anilines is 2. The lowest BCUT2D eigenvalue weighted by atomic mass is 9.87. The molecule has 21 heavy (non-hydrogen) atoms. The first kappa shape index (κ1) is 14.6. The minimum atomic E-state index is 0.758. The molecule has 5 heteroatoms. The van der Waals surface area contributed by atoms with Crippen molar-refractivity contribution in [1.29, 1.82) is 0 Å². The minimum absolute atomic E-state index is 0.758. The maximum Gasteiger partial charge on any atom is 0.226 e. The van der Waals surface area contributed by atoms with E-state index in [0.717, 1.165) is 48.1 Å². The molecule has 1 saturated heterocycles. The molecule has 1 N–H and O–H groups in total. The van der Waals surface area contributed by atoms with Crippen molar-refractivity contribution in [3.05, 3.63) is 11.4 Å². The Morgan fingerprint density at radius 2 is 2.10 bits per heavy atom. The molecule has 0 radical (unpaired) electrons. The lowest BCUT2D eigenvalue weighted by Crippen LogP contribution is -2.36. The van der Waals surface area contributed by atoms with Crippen molar-refractivity contribution < 1.29 is 0 Å². The Bertz CT molecular complexity index is 599. The molecule has 0 spiro atoms. The van der Waals surface area contributed by atoms with E-state index >= 15 is 0 Å². The topological polar surface area (TPSA) is 41.1 Å². The van der Waals surface area contributed by atoms with Gasteiger partial charge in [0.1, 0.15) is 10.6 Å². The fraction of sp³-hybridized carbons (Fsp3) is 0.625. The van der Waals surface area contributed by atoms with Crippen molar-refractivity contribution in [3.63, 3.8) is 0 Å². The molecule has 0 unspecified atom stereocenters. The van der Waals surface area contributed by atoms with Gasteiger partial charge >= 0.3 is 0 Å². The summed E-state index contributed by atoms with van der Waals surface area (Å²) in [4.78, 5) is 12.9. The van der Waals surface area contributed by atoms with Gasteiger partial charge in [-0.05, 0) is 43.0 Å². The zero-order chi connectivity index (χ0) is 14.8. The van der Waals surface area contributed by atoms with Crippen molar-refractivity contribution in [2.24, 2.45) is 11.8 Å². The van der Waals surface area contributed by atoms with E-state index in [1.165, 1.54) is 18.2 Å². The van der Waals surface area contributed by atoms with Crippen LogP contribution in [0.2, 0.25) is 0 Å². The highest BCUT2D eigenvalue weighted by Gasteiger charge is 2.24. The van der Waals surface area contributed by atoms with Gasteiger partial charge in [0.25, 0.3) is 0 Å². The molecule has 1 fully saturated rings. The average Bonchev–Trinajstić information content (AvgIpc) is 2.95. The summed E-state index contributed by atoms with van der Waals surface area (Å²) in [7, 11) is 0. The molecule has 1 aliphatic rings. The lowest BCUT2D eigenvalue weighted by Gasteiger charge is -2.35. The van der Waals surface area contributed by atoms with Crippen LogP contribution in [-0.4, -0.2) is 29.6 Å². The Hall–Kier alpha value is -1.36. The second-order valence-corrected chi connectivity index (χ2v) is 7.00. The van der Waals surface area contributed by atoms with Crippen molar-refractivity contribution in [2.45, 2.75) is 33.6 Å². The number of thiophene rings is 1. The van der Waals surface area contributed by atoms with E-state index in [1.807, 2.05) is 0 Å². The number of piperidine rings is 1. The van der Waals surface area contributed by atoms with Gasteiger partial charge in [-0.1, -0.05) is 13.8 Å². The summed E-state index contributed by atoms with van der Waals surface area (Å²) in [5.74, 6) is 3.51. The molecular weight excluding hydrogens is 280 g/mol. The van der Waals surface area contributed by atoms with Crippen molar-refractivity contribution in [1.82, 2.24) is 9.97 Å². The molecule has 3 rings (SSSR count). The van der Waals surface area contributed by atoms with Crippen LogP contribution in [0, 0.1) is 11.8 Å². The molecule has 2 aromatic heterocycles. The zero-order valence-corrected chi connectivity index (χ0v) is 13.9. The zero-order valence-electron chi connectivity index (χ0n) is 13.1. The summed E-state index contributed by atoms with van der Waals surface area (Å²) < 4.78 is 0. The highest BCUT2D eigenvalue weighted by atomic mass is 32.1. The first-order valence-corrected chi connectivity index (χ1v) is 8.81. The van der Waals surface area contributed by atoms with Gasteiger partial charge in [0, 0.05) is 19.6 Å². The van der Waals surface area contributed by atoms with Crippen LogP contribution in [-0.2, 0) is 0 Å². The van der Waals surface area contributed by atoms with Gasteiger partial charge in [-0.15, -0.1) is 11.3 Å². The molecule has 0 saturated carbocycles. The highest BCUT2D eigenvalue weighted by Crippen LogP contribution is 2.33. The summed E-state index contributed by atoms with van der Waals surface area (Å²) >= 11 is 1.69. The standard InChI is InChI=1S/C16H24N4S/c1-4-17-16-18-14(13-7-10-21-15(13)19-16)20-8-5-12(6-9-20)11(2)3/h7,10-12H,4-6,8-9H2,1-3H3,(H,17,18,19). The van der Waals surface area contributed by atoms with E-state index in [2.05, 4.69) is 47.4 Å². The SMILES string of the molecule is CCNc1nc(N2CCC(C(C)C)CC2)c2ccsc2n1. The van der Waals surface area contributed by atoms with E-state index in [1.54, 1.807) is 11.3 Å². The van der Waals surface area contributed by atoms with Gasteiger partial charge in [0.05, 0.1) is 5.39 Å². The molecule has 0 aromatic carbocycles. The Balaban J connectivity index is 1.87. The normalized spacial score (nSPS) is 16.9. The number of nitrogens with one attached hydrogen (secondary N) is 1. The first-order valence-electron chi connectivity index (χ1n) is 7.93. The van der Waals surface area contributed by atoms with Crippen molar-refractivity contribution in [2.75, 3.05) is 29.9 Å². The Morgan fingerprint density at radius 1 is 1.33 bits per heavy atom. The molecule has 0 aliphatic carbocycles. The molecule has 0 bridgehead atoms. The molecule has 0 atom stereocenters. The number of aromatic nitrogens is 2. The molecule has 3 heterocycles. The van der Waals surface area contributed by atoms with Gasteiger partial charge in [-0.25, -0.2) is 4.98 Å². The van der Waals surface area contributed by atoms with Crippen LogP contribution in [0.3, 0.4) is 0 Å². The summed E-state index contributed by atoms with van der Waals surface area (Å²) in [5, 5.41) is 6.56. The van der Waals surface area contributed by atoms with Gasteiger partial charge in [0.15, 0.2) is 0 Å². The first-order chi connectivity index (χ1) is 10.2. The monoisotopic (exact) mass is 304 g/mol. The highest BCUT2D eigenvalue weighted by molar-refractivity contribution is 7.16. The summed E-state index contributed by atoms with van der Waals surface area (Å²) in [6, 6.07) is 2.15. The Kier molecular flexibility index (Phi) is 4.29. The third-order valence-corrected chi connectivity index (χ3v) is 5.23. The Labute approximate surface area is 130 Å². The van der Waals surface area contributed by atoms with E-state index in [9.17, 15) is 0 Å². The van der Waals surface area contributed by atoms with Crippen molar-refractivity contribution in [3.8, 4) is 0 Å². The van der Waals surface area contributed by atoms with Gasteiger partial charge in [0.2, 0.25) is 5.95 Å². The molecular formula is C16H24N4S. The molecule has 0 amide bonds. The van der Waals surface area contributed by atoms with Crippen LogP contribution < -0.4 is 10.2 Å². The summed E-state index contributed by atoms with van der Waals surface area (Å²) in [6.07, 6.45) is 2.54. The number of nitrogens with zero attached hydrogens (tertiary/aromatic N) is 3. The van der Waals surface area contributed by atoms with Crippen LogP contribution in [0.15, 0.2) is 11.4 Å². The number of fused-ring (bicyclic) bond motifs is 1. The van der Waals surface area contributed by atoms with Crippen LogP contribution >= 0.6 is 11.3 Å². The number of hydrogen-bond acceptors (Lipinski definition) is 5. The number of rotatable bonds is 4. The second kappa shape index (κ2) is 6.18. The van der Waals surface area contributed by atoms with Gasteiger partial charge in [-0.2, -0.15) is 4.98 Å². The van der Waals surface area contributed by atoms with E-state index in [0.29, 0.717) is 0 Å². The third kappa shape index (κ3) is 2.98.